The highest BCUT2D eigenvalue weighted by atomic mass is 19.4. The standard InChI is InChI=1S/C19H15F3N4O/c20-19(21,22)14-8-4-5-9-15(14)26-18(27)16-11-25-17(12-23-16)24-10-13-6-2-1-3-7-13/h1-9,11-12H,10H2,(H,24,25)(H,26,27). The Morgan fingerprint density at radius 3 is 2.30 bits per heavy atom. The highest BCUT2D eigenvalue weighted by Crippen LogP contribution is 2.34. The van der Waals surface area contributed by atoms with Crippen molar-refractivity contribution in [1.29, 1.82) is 0 Å². The number of nitrogens with one attached hydrogen (secondary N) is 2. The Labute approximate surface area is 153 Å². The van der Waals surface area contributed by atoms with Crippen LogP contribution in [0.25, 0.3) is 0 Å². The van der Waals surface area contributed by atoms with Gasteiger partial charge in [-0.15, -0.1) is 0 Å². The van der Waals surface area contributed by atoms with E-state index in [2.05, 4.69) is 20.6 Å². The summed E-state index contributed by atoms with van der Waals surface area (Å²) in [7, 11) is 0. The molecule has 0 fully saturated rings. The summed E-state index contributed by atoms with van der Waals surface area (Å²) in [6.07, 6.45) is -2.01. The summed E-state index contributed by atoms with van der Waals surface area (Å²) < 4.78 is 39.0. The third kappa shape index (κ3) is 4.81. The van der Waals surface area contributed by atoms with Crippen molar-refractivity contribution in [1.82, 2.24) is 9.97 Å². The number of rotatable bonds is 5. The molecule has 5 nitrogen and oxygen atoms in total. The second-order valence-corrected chi connectivity index (χ2v) is 5.62. The number of para-hydroxylation sites is 1. The summed E-state index contributed by atoms with van der Waals surface area (Å²) >= 11 is 0. The highest BCUT2D eigenvalue weighted by molar-refractivity contribution is 6.03. The van der Waals surface area contributed by atoms with Gasteiger partial charge in [0.05, 0.1) is 23.6 Å². The number of nitrogens with zero attached hydrogens (tertiary/aromatic N) is 2. The molecule has 0 aliphatic carbocycles. The van der Waals surface area contributed by atoms with Crippen LogP contribution in [0, 0.1) is 0 Å². The van der Waals surface area contributed by atoms with Crippen LogP contribution in [-0.2, 0) is 12.7 Å². The Balaban J connectivity index is 1.66. The number of carbonyl (C=O) groups excluding carboxylic acids is 1. The average molecular weight is 372 g/mol. The minimum Gasteiger partial charge on any atom is -0.365 e. The topological polar surface area (TPSA) is 66.9 Å². The molecule has 1 amide bonds. The molecular formula is C19H15F3N4O. The summed E-state index contributed by atoms with van der Waals surface area (Å²) in [5.41, 5.74) is -0.294. The van der Waals surface area contributed by atoms with E-state index in [9.17, 15) is 18.0 Å². The predicted molar refractivity (Wildman–Crippen MR) is 95.2 cm³/mol. The summed E-state index contributed by atoms with van der Waals surface area (Å²) in [4.78, 5) is 20.2. The predicted octanol–water partition coefficient (Wildman–Crippen LogP) is 4.36. The van der Waals surface area contributed by atoms with Crippen molar-refractivity contribution in [3.05, 3.63) is 83.8 Å². The van der Waals surface area contributed by atoms with Crippen LogP contribution < -0.4 is 10.6 Å². The van der Waals surface area contributed by atoms with E-state index in [-0.39, 0.29) is 11.4 Å². The molecule has 0 aliphatic rings. The molecule has 0 bridgehead atoms. The molecule has 0 aliphatic heterocycles. The fourth-order valence-corrected chi connectivity index (χ4v) is 2.35. The molecule has 0 saturated heterocycles. The summed E-state index contributed by atoms with van der Waals surface area (Å²) in [5, 5.41) is 5.28. The second kappa shape index (κ2) is 7.86. The Kier molecular flexibility index (Phi) is 5.35. The number of halogens is 3. The first-order valence-corrected chi connectivity index (χ1v) is 8.01. The molecule has 0 atom stereocenters. The van der Waals surface area contributed by atoms with Crippen molar-refractivity contribution in [3.8, 4) is 0 Å². The molecule has 0 radical (unpaired) electrons. The lowest BCUT2D eigenvalue weighted by atomic mass is 10.1. The van der Waals surface area contributed by atoms with Crippen molar-refractivity contribution in [2.45, 2.75) is 12.7 Å². The number of alkyl halides is 3. The zero-order valence-electron chi connectivity index (χ0n) is 14.0. The van der Waals surface area contributed by atoms with Gasteiger partial charge < -0.3 is 10.6 Å². The maximum atomic E-state index is 13.0. The van der Waals surface area contributed by atoms with Crippen LogP contribution in [0.3, 0.4) is 0 Å². The van der Waals surface area contributed by atoms with Gasteiger partial charge in [-0.25, -0.2) is 9.97 Å². The number of anilines is 2. The van der Waals surface area contributed by atoms with Gasteiger partial charge in [0.15, 0.2) is 0 Å². The first-order chi connectivity index (χ1) is 12.9. The Bertz CT molecular complexity index is 912. The molecule has 27 heavy (non-hydrogen) atoms. The van der Waals surface area contributed by atoms with Gasteiger partial charge in [0.1, 0.15) is 11.5 Å². The number of hydrogen-bond acceptors (Lipinski definition) is 4. The largest absolute Gasteiger partial charge is 0.418 e. The maximum absolute atomic E-state index is 13.0. The highest BCUT2D eigenvalue weighted by Gasteiger charge is 2.33. The van der Waals surface area contributed by atoms with E-state index in [1.165, 1.54) is 30.6 Å². The molecule has 3 rings (SSSR count). The molecule has 0 spiro atoms. The van der Waals surface area contributed by atoms with Gasteiger partial charge in [0, 0.05) is 6.54 Å². The van der Waals surface area contributed by atoms with Gasteiger partial charge >= 0.3 is 6.18 Å². The zero-order chi connectivity index (χ0) is 19.3. The molecule has 2 N–H and O–H groups in total. The van der Waals surface area contributed by atoms with E-state index < -0.39 is 17.6 Å². The zero-order valence-corrected chi connectivity index (χ0v) is 14.0. The van der Waals surface area contributed by atoms with E-state index in [1.807, 2.05) is 30.3 Å². The number of benzene rings is 2. The molecular weight excluding hydrogens is 357 g/mol. The first-order valence-electron chi connectivity index (χ1n) is 8.01. The lowest BCUT2D eigenvalue weighted by Crippen LogP contribution is -2.18. The molecule has 8 heteroatoms. The van der Waals surface area contributed by atoms with Crippen LogP contribution in [-0.4, -0.2) is 15.9 Å². The monoisotopic (exact) mass is 372 g/mol. The number of hydrogen-bond donors (Lipinski definition) is 2. The lowest BCUT2D eigenvalue weighted by Gasteiger charge is -2.13. The van der Waals surface area contributed by atoms with Crippen molar-refractivity contribution >= 4 is 17.4 Å². The van der Waals surface area contributed by atoms with E-state index in [0.717, 1.165) is 11.6 Å². The molecule has 3 aromatic rings. The Morgan fingerprint density at radius 2 is 1.63 bits per heavy atom. The van der Waals surface area contributed by atoms with Gasteiger partial charge in [0.2, 0.25) is 0 Å². The van der Waals surface area contributed by atoms with E-state index in [1.54, 1.807) is 0 Å². The maximum Gasteiger partial charge on any atom is 0.418 e. The number of carbonyl (C=O) groups is 1. The Hall–Kier alpha value is -3.42. The van der Waals surface area contributed by atoms with E-state index >= 15 is 0 Å². The quantitative estimate of drug-likeness (QED) is 0.698. The average Bonchev–Trinajstić information content (AvgIpc) is 2.67. The van der Waals surface area contributed by atoms with Gasteiger partial charge in [-0.05, 0) is 17.7 Å². The van der Waals surface area contributed by atoms with Gasteiger partial charge in [-0.2, -0.15) is 13.2 Å². The molecule has 1 aromatic heterocycles. The van der Waals surface area contributed by atoms with Gasteiger partial charge in [0.25, 0.3) is 5.91 Å². The molecule has 1 heterocycles. The summed E-state index contributed by atoms with van der Waals surface area (Å²) in [6, 6.07) is 14.4. The van der Waals surface area contributed by atoms with Crippen molar-refractivity contribution in [2.24, 2.45) is 0 Å². The minimum atomic E-state index is -4.57. The van der Waals surface area contributed by atoms with Crippen LogP contribution in [0.5, 0.6) is 0 Å². The van der Waals surface area contributed by atoms with Crippen molar-refractivity contribution in [2.75, 3.05) is 10.6 Å². The SMILES string of the molecule is O=C(Nc1ccccc1C(F)(F)F)c1cnc(NCc2ccccc2)cn1. The smallest absolute Gasteiger partial charge is 0.365 e. The van der Waals surface area contributed by atoms with Crippen molar-refractivity contribution < 1.29 is 18.0 Å². The summed E-state index contributed by atoms with van der Waals surface area (Å²) in [6.45, 7) is 0.528. The third-order valence-corrected chi connectivity index (χ3v) is 3.68. The second-order valence-electron chi connectivity index (χ2n) is 5.62. The van der Waals surface area contributed by atoms with Crippen LogP contribution in [0.2, 0.25) is 0 Å². The third-order valence-electron chi connectivity index (χ3n) is 3.68. The first kappa shape index (κ1) is 18.4. The molecule has 138 valence electrons. The Morgan fingerprint density at radius 1 is 0.926 bits per heavy atom. The minimum absolute atomic E-state index is 0.0859. The fourth-order valence-electron chi connectivity index (χ4n) is 2.35. The van der Waals surface area contributed by atoms with Crippen LogP contribution >= 0.6 is 0 Å². The lowest BCUT2D eigenvalue weighted by molar-refractivity contribution is -0.136. The molecule has 0 saturated carbocycles. The van der Waals surface area contributed by atoms with Crippen LogP contribution in [0.15, 0.2) is 67.0 Å². The number of aromatic nitrogens is 2. The van der Waals surface area contributed by atoms with Gasteiger partial charge in [-0.1, -0.05) is 42.5 Å². The van der Waals surface area contributed by atoms with Crippen molar-refractivity contribution in [3.63, 3.8) is 0 Å². The van der Waals surface area contributed by atoms with Crippen LogP contribution in [0.4, 0.5) is 24.7 Å². The molecule has 0 unspecified atom stereocenters. The summed E-state index contributed by atoms with van der Waals surface area (Å²) in [5.74, 6) is -0.320. The van der Waals surface area contributed by atoms with E-state index in [0.29, 0.717) is 12.4 Å². The molecule has 2 aromatic carbocycles. The van der Waals surface area contributed by atoms with E-state index in [4.69, 9.17) is 0 Å². The fraction of sp³-hybridized carbons (Fsp3) is 0.105. The normalized spacial score (nSPS) is 11.1. The number of amides is 1. The van der Waals surface area contributed by atoms with Crippen LogP contribution in [0.1, 0.15) is 21.6 Å². The van der Waals surface area contributed by atoms with Gasteiger partial charge in [-0.3, -0.25) is 4.79 Å².